The number of anilines is 3. The highest BCUT2D eigenvalue weighted by molar-refractivity contribution is 5.71. The van der Waals surface area contributed by atoms with Crippen molar-refractivity contribution >= 4 is 23.3 Å². The van der Waals surface area contributed by atoms with E-state index in [2.05, 4.69) is 27.1 Å². The van der Waals surface area contributed by atoms with E-state index in [4.69, 9.17) is 10.8 Å². The van der Waals surface area contributed by atoms with Gasteiger partial charge in [0.25, 0.3) is 0 Å². The number of aliphatic hydroxyl groups excluding tert-OH is 1. The van der Waals surface area contributed by atoms with Crippen molar-refractivity contribution in [2.45, 2.75) is 6.92 Å². The van der Waals surface area contributed by atoms with Gasteiger partial charge in [-0.05, 0) is 6.54 Å². The smallest absolute Gasteiger partial charge is 0.353 e. The largest absolute Gasteiger partial charge is 0.395 e. The lowest BCUT2D eigenvalue weighted by atomic mass is 10.3. The molecule has 1 aliphatic heterocycles. The van der Waals surface area contributed by atoms with Gasteiger partial charge in [0.05, 0.1) is 11.5 Å². The first-order valence-corrected chi connectivity index (χ1v) is 7.20. The molecule has 0 aliphatic carbocycles. The number of hydrogen-bond acceptors (Lipinski definition) is 9. The third-order valence-electron chi connectivity index (χ3n) is 3.59. The number of nitro groups is 1. The molecule has 22 heavy (non-hydrogen) atoms. The lowest BCUT2D eigenvalue weighted by molar-refractivity contribution is -0.383. The van der Waals surface area contributed by atoms with Crippen LogP contribution in [0.15, 0.2) is 0 Å². The molecule has 1 fully saturated rings. The number of hydrogen-bond donors (Lipinski definition) is 3. The third kappa shape index (κ3) is 3.52. The van der Waals surface area contributed by atoms with Crippen molar-refractivity contribution in [1.29, 1.82) is 0 Å². The van der Waals surface area contributed by atoms with E-state index in [1.807, 2.05) is 4.90 Å². The summed E-state index contributed by atoms with van der Waals surface area (Å²) in [5, 5.41) is 22.9. The number of nitrogens with two attached hydrogens (primary N) is 1. The van der Waals surface area contributed by atoms with E-state index in [-0.39, 0.29) is 36.4 Å². The van der Waals surface area contributed by atoms with Crippen LogP contribution in [0.25, 0.3) is 0 Å². The summed E-state index contributed by atoms with van der Waals surface area (Å²) in [5.41, 5.74) is 5.46. The quantitative estimate of drug-likeness (QED) is 0.470. The molecule has 0 bridgehead atoms. The molecule has 1 aliphatic rings. The van der Waals surface area contributed by atoms with Crippen molar-refractivity contribution in [3.05, 3.63) is 10.1 Å². The van der Waals surface area contributed by atoms with E-state index < -0.39 is 4.92 Å². The lowest BCUT2D eigenvalue weighted by Crippen LogP contribution is -2.46. The van der Waals surface area contributed by atoms with Crippen LogP contribution in [-0.4, -0.2) is 70.8 Å². The zero-order valence-corrected chi connectivity index (χ0v) is 12.5. The maximum Gasteiger partial charge on any atom is 0.353 e. The van der Waals surface area contributed by atoms with Gasteiger partial charge in [-0.25, -0.2) is 0 Å². The fraction of sp³-hybridized carbons (Fsp3) is 0.667. The molecule has 2 rings (SSSR count). The summed E-state index contributed by atoms with van der Waals surface area (Å²) in [6, 6.07) is 0. The molecule has 10 nitrogen and oxygen atoms in total. The van der Waals surface area contributed by atoms with E-state index >= 15 is 0 Å². The van der Waals surface area contributed by atoms with Crippen LogP contribution in [0.5, 0.6) is 0 Å². The Labute approximate surface area is 128 Å². The molecule has 1 aromatic rings. The van der Waals surface area contributed by atoms with E-state index in [0.29, 0.717) is 13.1 Å². The van der Waals surface area contributed by atoms with Gasteiger partial charge in [-0.1, -0.05) is 6.92 Å². The predicted octanol–water partition coefficient (Wildman–Crippen LogP) is -0.487. The Morgan fingerprint density at radius 3 is 2.59 bits per heavy atom. The molecule has 0 saturated carbocycles. The van der Waals surface area contributed by atoms with Gasteiger partial charge in [-0.2, -0.15) is 9.97 Å². The summed E-state index contributed by atoms with van der Waals surface area (Å²) in [6.45, 7) is 6.11. The minimum atomic E-state index is -0.549. The second-order valence-electron chi connectivity index (χ2n) is 4.93. The molecule has 0 radical (unpaired) electrons. The number of nitrogens with zero attached hydrogens (tertiary/aromatic N) is 5. The summed E-state index contributed by atoms with van der Waals surface area (Å²) in [6.07, 6.45) is 0. The minimum absolute atomic E-state index is 0.0925. The van der Waals surface area contributed by atoms with Crippen LogP contribution < -0.4 is 16.0 Å². The van der Waals surface area contributed by atoms with Gasteiger partial charge >= 0.3 is 5.69 Å². The summed E-state index contributed by atoms with van der Waals surface area (Å²) < 4.78 is 0. The van der Waals surface area contributed by atoms with E-state index in [9.17, 15) is 10.1 Å². The van der Waals surface area contributed by atoms with Crippen LogP contribution in [0, 0.1) is 10.1 Å². The van der Waals surface area contributed by atoms with E-state index in [1.54, 1.807) is 0 Å². The molecule has 0 atom stereocenters. The standard InChI is InChI=1S/C12H21N7O3/c1-2-17-4-6-18(7-5-17)11-9(19(21)22)10(13)15-12(16-11)14-3-8-20/h20H,2-8H2,1H3,(H3,13,14,15,16). The van der Waals surface area contributed by atoms with Gasteiger partial charge < -0.3 is 26.0 Å². The van der Waals surface area contributed by atoms with Crippen molar-refractivity contribution in [2.75, 3.05) is 61.8 Å². The van der Waals surface area contributed by atoms with Gasteiger partial charge in [0.15, 0.2) is 0 Å². The maximum atomic E-state index is 11.3. The first kappa shape index (κ1) is 16.2. The van der Waals surface area contributed by atoms with Crippen molar-refractivity contribution in [3.63, 3.8) is 0 Å². The Hall–Kier alpha value is -2.20. The Bertz CT molecular complexity index is 532. The van der Waals surface area contributed by atoms with Gasteiger partial charge in [0.1, 0.15) is 0 Å². The molecule has 0 spiro atoms. The molecule has 0 aromatic carbocycles. The fourth-order valence-corrected chi connectivity index (χ4v) is 2.38. The van der Waals surface area contributed by atoms with Crippen molar-refractivity contribution in [3.8, 4) is 0 Å². The molecule has 0 amide bonds. The van der Waals surface area contributed by atoms with E-state index in [1.165, 1.54) is 0 Å². The topological polar surface area (TPSA) is 134 Å². The number of nitrogen functional groups attached to an aromatic ring is 1. The molecular weight excluding hydrogens is 290 g/mol. The van der Waals surface area contributed by atoms with Crippen molar-refractivity contribution < 1.29 is 10.0 Å². The number of likely N-dealkylation sites (N-methyl/N-ethyl adjacent to an activating group) is 1. The van der Waals surface area contributed by atoms with Crippen molar-refractivity contribution in [1.82, 2.24) is 14.9 Å². The number of piperazine rings is 1. The van der Waals surface area contributed by atoms with Crippen molar-refractivity contribution in [2.24, 2.45) is 0 Å². The molecule has 10 heteroatoms. The van der Waals surface area contributed by atoms with Gasteiger partial charge in [0, 0.05) is 32.7 Å². The molecular formula is C12H21N7O3. The van der Waals surface area contributed by atoms with Crippen LogP contribution in [-0.2, 0) is 0 Å². The third-order valence-corrected chi connectivity index (χ3v) is 3.59. The van der Waals surface area contributed by atoms with Crippen LogP contribution in [0.4, 0.5) is 23.3 Å². The minimum Gasteiger partial charge on any atom is -0.395 e. The Morgan fingerprint density at radius 2 is 2.05 bits per heavy atom. The maximum absolute atomic E-state index is 11.3. The molecule has 0 unspecified atom stereocenters. The van der Waals surface area contributed by atoms with Gasteiger partial charge in [-0.3, -0.25) is 10.1 Å². The summed E-state index contributed by atoms with van der Waals surface area (Å²) in [5.74, 6) is 0.243. The fourth-order valence-electron chi connectivity index (χ4n) is 2.38. The number of rotatable bonds is 6. The number of aliphatic hydroxyl groups is 1. The Morgan fingerprint density at radius 1 is 1.36 bits per heavy atom. The normalized spacial score (nSPS) is 15.8. The number of nitrogens with one attached hydrogen (secondary N) is 1. The molecule has 122 valence electrons. The van der Waals surface area contributed by atoms with E-state index in [0.717, 1.165) is 19.6 Å². The average Bonchev–Trinajstić information content (AvgIpc) is 2.52. The highest BCUT2D eigenvalue weighted by atomic mass is 16.6. The first-order chi connectivity index (χ1) is 10.6. The van der Waals surface area contributed by atoms with Crippen LogP contribution in [0.1, 0.15) is 6.92 Å². The Kier molecular flexibility index (Phi) is 5.28. The Balaban J connectivity index is 2.30. The summed E-state index contributed by atoms with van der Waals surface area (Å²) in [4.78, 5) is 22.9. The zero-order valence-electron chi connectivity index (χ0n) is 12.5. The molecule has 4 N–H and O–H groups in total. The lowest BCUT2D eigenvalue weighted by Gasteiger charge is -2.34. The summed E-state index contributed by atoms with van der Waals surface area (Å²) >= 11 is 0. The molecule has 2 heterocycles. The van der Waals surface area contributed by atoms with Crippen LogP contribution in [0.3, 0.4) is 0 Å². The first-order valence-electron chi connectivity index (χ1n) is 7.20. The SMILES string of the molecule is CCN1CCN(c2nc(NCCO)nc(N)c2[N+](=O)[O-])CC1. The second kappa shape index (κ2) is 7.18. The highest BCUT2D eigenvalue weighted by Crippen LogP contribution is 2.32. The average molecular weight is 311 g/mol. The highest BCUT2D eigenvalue weighted by Gasteiger charge is 2.29. The molecule has 1 saturated heterocycles. The number of aromatic nitrogens is 2. The second-order valence-corrected chi connectivity index (χ2v) is 4.93. The van der Waals surface area contributed by atoms with Gasteiger partial charge in [0.2, 0.25) is 17.6 Å². The van der Waals surface area contributed by atoms with Crippen LogP contribution >= 0.6 is 0 Å². The van der Waals surface area contributed by atoms with Crippen LogP contribution in [0.2, 0.25) is 0 Å². The predicted molar refractivity (Wildman–Crippen MR) is 83.0 cm³/mol. The molecule has 1 aromatic heterocycles. The van der Waals surface area contributed by atoms with Gasteiger partial charge in [-0.15, -0.1) is 0 Å². The summed E-state index contributed by atoms with van der Waals surface area (Å²) in [7, 11) is 0. The monoisotopic (exact) mass is 311 g/mol. The zero-order chi connectivity index (χ0) is 16.1.